The summed E-state index contributed by atoms with van der Waals surface area (Å²) in [6.45, 7) is 5.42. The number of amides is 2. The lowest BCUT2D eigenvalue weighted by molar-refractivity contribution is -0.118. The summed E-state index contributed by atoms with van der Waals surface area (Å²) in [4.78, 5) is 29.4. The van der Waals surface area contributed by atoms with Gasteiger partial charge in [0.05, 0.1) is 11.3 Å². The normalized spacial score (nSPS) is 14.8. The lowest BCUT2D eigenvalue weighted by atomic mass is 10.2. The van der Waals surface area contributed by atoms with Crippen molar-refractivity contribution in [3.05, 3.63) is 59.9 Å². The lowest BCUT2D eigenvalue weighted by Crippen LogP contribution is -2.45. The Bertz CT molecular complexity index is 885. The van der Waals surface area contributed by atoms with Gasteiger partial charge in [-0.05, 0) is 44.3 Å². The Labute approximate surface area is 182 Å². The van der Waals surface area contributed by atoms with Gasteiger partial charge in [0.25, 0.3) is 11.8 Å². The molecule has 2 aromatic rings. The number of ether oxygens (including phenoxy) is 1. The van der Waals surface area contributed by atoms with E-state index < -0.39 is 11.7 Å². The van der Waals surface area contributed by atoms with Crippen LogP contribution < -0.4 is 15.4 Å². The molecule has 0 atom stereocenters. The number of benzene rings is 2. The van der Waals surface area contributed by atoms with E-state index in [-0.39, 0.29) is 18.2 Å². The number of para-hydroxylation sites is 2. The summed E-state index contributed by atoms with van der Waals surface area (Å²) in [5.74, 6) is -0.967. The molecule has 7 nitrogen and oxygen atoms in total. The molecule has 1 fully saturated rings. The first-order valence-corrected chi connectivity index (χ1v) is 10.5. The van der Waals surface area contributed by atoms with Crippen LogP contribution in [0.5, 0.6) is 5.75 Å². The maximum atomic E-state index is 13.7. The van der Waals surface area contributed by atoms with Crippen molar-refractivity contribution < 1.29 is 18.7 Å². The number of hydrogen-bond acceptors (Lipinski definition) is 5. The van der Waals surface area contributed by atoms with Gasteiger partial charge in [-0.2, -0.15) is 0 Å². The van der Waals surface area contributed by atoms with Crippen molar-refractivity contribution in [2.75, 3.05) is 58.2 Å². The van der Waals surface area contributed by atoms with Crippen molar-refractivity contribution in [3.63, 3.8) is 0 Å². The molecule has 2 amide bonds. The zero-order valence-corrected chi connectivity index (χ0v) is 17.8. The number of carbonyl (C=O) groups is 2. The van der Waals surface area contributed by atoms with Crippen LogP contribution in [0.3, 0.4) is 0 Å². The maximum Gasteiger partial charge on any atom is 0.262 e. The van der Waals surface area contributed by atoms with Gasteiger partial charge in [0.2, 0.25) is 0 Å². The van der Waals surface area contributed by atoms with Gasteiger partial charge < -0.3 is 25.2 Å². The Balaban J connectivity index is 1.45. The van der Waals surface area contributed by atoms with E-state index in [9.17, 15) is 14.0 Å². The molecule has 1 heterocycles. The van der Waals surface area contributed by atoms with E-state index >= 15 is 0 Å². The highest BCUT2D eigenvalue weighted by Gasteiger charge is 2.15. The zero-order valence-electron chi connectivity index (χ0n) is 17.8. The van der Waals surface area contributed by atoms with Crippen LogP contribution >= 0.6 is 0 Å². The predicted molar refractivity (Wildman–Crippen MR) is 118 cm³/mol. The molecule has 2 aromatic carbocycles. The van der Waals surface area contributed by atoms with Gasteiger partial charge in [-0.15, -0.1) is 0 Å². The first-order chi connectivity index (χ1) is 15.0. The van der Waals surface area contributed by atoms with E-state index in [0.717, 1.165) is 39.1 Å². The third-order valence-corrected chi connectivity index (χ3v) is 5.17. The molecule has 1 aliphatic heterocycles. The minimum atomic E-state index is -0.521. The van der Waals surface area contributed by atoms with Gasteiger partial charge in [0.1, 0.15) is 11.6 Å². The number of nitrogens with one attached hydrogen (secondary N) is 2. The number of nitrogens with zero attached hydrogens (tertiary/aromatic N) is 2. The molecule has 0 aliphatic carbocycles. The first-order valence-electron chi connectivity index (χ1n) is 10.5. The molecule has 0 spiro atoms. The number of rotatable bonds is 9. The summed E-state index contributed by atoms with van der Waals surface area (Å²) in [5, 5.41) is 5.37. The van der Waals surface area contributed by atoms with Crippen LogP contribution in [0.25, 0.3) is 0 Å². The summed E-state index contributed by atoms with van der Waals surface area (Å²) in [5.41, 5.74) is 0.447. The molecule has 0 unspecified atom stereocenters. The Hall–Kier alpha value is -2.97. The second kappa shape index (κ2) is 11.4. The van der Waals surface area contributed by atoms with E-state index in [1.54, 1.807) is 36.4 Å². The fourth-order valence-corrected chi connectivity index (χ4v) is 3.34. The molecule has 3 rings (SSSR count). The first kappa shape index (κ1) is 22.7. The van der Waals surface area contributed by atoms with E-state index in [2.05, 4.69) is 27.5 Å². The fraction of sp³-hybridized carbons (Fsp3) is 0.391. The monoisotopic (exact) mass is 428 g/mol. The van der Waals surface area contributed by atoms with E-state index in [1.165, 1.54) is 12.1 Å². The molecule has 0 bridgehead atoms. The van der Waals surface area contributed by atoms with Gasteiger partial charge in [-0.25, -0.2) is 4.39 Å². The van der Waals surface area contributed by atoms with Crippen LogP contribution in [0, 0.1) is 5.82 Å². The van der Waals surface area contributed by atoms with Gasteiger partial charge in [0, 0.05) is 32.7 Å². The predicted octanol–water partition coefficient (Wildman–Crippen LogP) is 2.21. The summed E-state index contributed by atoms with van der Waals surface area (Å²) < 4.78 is 19.2. The van der Waals surface area contributed by atoms with Gasteiger partial charge >= 0.3 is 0 Å². The SMILES string of the molecule is CN1CCN(CCCNC(=O)c2ccccc2OCC(=O)Nc2ccccc2F)CC1. The standard InChI is InChI=1S/C23H29FN4O3/c1-27-13-15-28(16-14-27)12-6-11-25-23(30)18-7-2-5-10-21(18)31-17-22(29)26-20-9-4-3-8-19(20)24/h2-5,7-10H,6,11-17H2,1H3,(H,25,30)(H,26,29). The number of anilines is 1. The highest BCUT2D eigenvalue weighted by atomic mass is 19.1. The fourth-order valence-electron chi connectivity index (χ4n) is 3.34. The Morgan fingerprint density at radius 2 is 1.74 bits per heavy atom. The average molecular weight is 429 g/mol. The smallest absolute Gasteiger partial charge is 0.262 e. The number of piperazine rings is 1. The van der Waals surface area contributed by atoms with Crippen molar-refractivity contribution in [1.29, 1.82) is 0 Å². The molecule has 31 heavy (non-hydrogen) atoms. The van der Waals surface area contributed by atoms with Crippen molar-refractivity contribution in [1.82, 2.24) is 15.1 Å². The second-order valence-corrected chi connectivity index (χ2v) is 7.57. The molecular weight excluding hydrogens is 399 g/mol. The molecule has 1 saturated heterocycles. The highest BCUT2D eigenvalue weighted by Crippen LogP contribution is 2.18. The highest BCUT2D eigenvalue weighted by molar-refractivity contribution is 5.97. The summed E-state index contributed by atoms with van der Waals surface area (Å²) in [7, 11) is 2.13. The number of hydrogen-bond donors (Lipinski definition) is 2. The van der Waals surface area contributed by atoms with Crippen LogP contribution in [-0.2, 0) is 4.79 Å². The molecule has 0 saturated carbocycles. The second-order valence-electron chi connectivity index (χ2n) is 7.57. The molecule has 166 valence electrons. The topological polar surface area (TPSA) is 73.9 Å². The van der Waals surface area contributed by atoms with Crippen LogP contribution in [-0.4, -0.2) is 74.5 Å². The largest absolute Gasteiger partial charge is 0.483 e. The Morgan fingerprint density at radius 1 is 1.03 bits per heavy atom. The van der Waals surface area contributed by atoms with Gasteiger partial charge in [-0.3, -0.25) is 9.59 Å². The number of likely N-dealkylation sites (N-methyl/N-ethyl adjacent to an activating group) is 1. The van der Waals surface area contributed by atoms with Gasteiger partial charge in [-0.1, -0.05) is 24.3 Å². The lowest BCUT2D eigenvalue weighted by Gasteiger charge is -2.32. The van der Waals surface area contributed by atoms with E-state index in [4.69, 9.17) is 4.74 Å². The molecule has 2 N–H and O–H groups in total. The van der Waals surface area contributed by atoms with Gasteiger partial charge in [0.15, 0.2) is 6.61 Å². The maximum absolute atomic E-state index is 13.7. The summed E-state index contributed by atoms with van der Waals surface area (Å²) >= 11 is 0. The summed E-state index contributed by atoms with van der Waals surface area (Å²) in [6, 6.07) is 12.7. The number of halogens is 1. The van der Waals surface area contributed by atoms with Crippen molar-refractivity contribution in [2.24, 2.45) is 0 Å². The Morgan fingerprint density at radius 3 is 2.52 bits per heavy atom. The average Bonchev–Trinajstić information content (AvgIpc) is 2.78. The molecule has 1 aliphatic rings. The molecule has 0 radical (unpaired) electrons. The quantitative estimate of drug-likeness (QED) is 0.599. The van der Waals surface area contributed by atoms with Crippen molar-refractivity contribution >= 4 is 17.5 Å². The minimum Gasteiger partial charge on any atom is -0.483 e. The zero-order chi connectivity index (χ0) is 22.1. The van der Waals surface area contributed by atoms with Crippen LogP contribution in [0.1, 0.15) is 16.8 Å². The van der Waals surface area contributed by atoms with Crippen LogP contribution in [0.15, 0.2) is 48.5 Å². The van der Waals surface area contributed by atoms with Crippen molar-refractivity contribution in [3.8, 4) is 5.75 Å². The number of carbonyl (C=O) groups excluding carboxylic acids is 2. The Kier molecular flexibility index (Phi) is 8.37. The molecule has 8 heteroatoms. The third kappa shape index (κ3) is 7.04. The van der Waals surface area contributed by atoms with E-state index in [1.807, 2.05) is 0 Å². The molecular formula is C23H29FN4O3. The van der Waals surface area contributed by atoms with Crippen LogP contribution in [0.4, 0.5) is 10.1 Å². The third-order valence-electron chi connectivity index (χ3n) is 5.17. The van der Waals surface area contributed by atoms with Crippen LogP contribution in [0.2, 0.25) is 0 Å². The minimum absolute atomic E-state index is 0.0856. The van der Waals surface area contributed by atoms with Crippen molar-refractivity contribution in [2.45, 2.75) is 6.42 Å². The van der Waals surface area contributed by atoms with E-state index in [0.29, 0.717) is 17.9 Å². The summed E-state index contributed by atoms with van der Waals surface area (Å²) in [6.07, 6.45) is 0.865. The molecule has 0 aromatic heterocycles.